The quantitative estimate of drug-likeness (QED) is 0.172. The minimum atomic E-state index is -1.12. The summed E-state index contributed by atoms with van der Waals surface area (Å²) >= 11 is 0. The van der Waals surface area contributed by atoms with Gasteiger partial charge in [-0.05, 0) is 31.2 Å². The first-order chi connectivity index (χ1) is 19.4. The molecule has 13 heteroatoms. The number of nitrogens with one attached hydrogen (secondary N) is 3. The molecule has 0 aliphatic heterocycles. The zero-order valence-electron chi connectivity index (χ0n) is 22.2. The summed E-state index contributed by atoms with van der Waals surface area (Å²) in [5.74, 6) is -0.798. The Morgan fingerprint density at radius 1 is 1.15 bits per heavy atom. The van der Waals surface area contributed by atoms with Crippen LogP contribution < -0.4 is 20.1 Å². The van der Waals surface area contributed by atoms with Crippen LogP contribution in [-0.2, 0) is 11.2 Å². The molecule has 0 aliphatic carbocycles. The van der Waals surface area contributed by atoms with Crippen molar-refractivity contribution in [3.05, 3.63) is 60.1 Å². The third-order valence-electron chi connectivity index (χ3n) is 6.11. The number of aromatic amines is 1. The number of aliphatic hydroxyl groups is 1. The van der Waals surface area contributed by atoms with E-state index in [2.05, 4.69) is 35.7 Å². The van der Waals surface area contributed by atoms with E-state index in [1.165, 1.54) is 18.5 Å². The van der Waals surface area contributed by atoms with Gasteiger partial charge in [0.15, 0.2) is 29.0 Å². The number of carbonyl (C=O) groups is 1. The molecule has 212 valence electrons. The Morgan fingerprint density at radius 3 is 2.77 bits per heavy atom. The molecule has 4 N–H and O–H groups in total. The van der Waals surface area contributed by atoms with E-state index in [0.717, 1.165) is 25.6 Å². The Labute approximate surface area is 229 Å². The Bertz CT molecular complexity index is 1450. The number of carbonyl (C=O) groups excluding carboxylic acids is 1. The fourth-order valence-corrected chi connectivity index (χ4v) is 4.08. The first-order valence-corrected chi connectivity index (χ1v) is 12.8. The summed E-state index contributed by atoms with van der Waals surface area (Å²) in [5.41, 5.74) is 0.831. The van der Waals surface area contributed by atoms with Crippen LogP contribution in [0.3, 0.4) is 0 Å². The molecular weight excluding hydrogens is 524 g/mol. The van der Waals surface area contributed by atoms with Crippen molar-refractivity contribution in [2.45, 2.75) is 19.8 Å². The molecule has 2 heterocycles. The Morgan fingerprint density at radius 2 is 2.00 bits per heavy atom. The number of amides is 1. The number of halogens is 2. The van der Waals surface area contributed by atoms with Gasteiger partial charge < -0.3 is 30.1 Å². The van der Waals surface area contributed by atoms with Gasteiger partial charge in [-0.1, -0.05) is 13.0 Å². The third-order valence-corrected chi connectivity index (χ3v) is 6.11. The van der Waals surface area contributed by atoms with Crippen LogP contribution >= 0.6 is 0 Å². The Kier molecular flexibility index (Phi) is 9.76. The van der Waals surface area contributed by atoms with Crippen molar-refractivity contribution < 1.29 is 28.2 Å². The number of hydrogen-bond acceptors (Lipinski definition) is 9. The maximum Gasteiger partial charge on any atom is 0.230 e. The molecule has 11 nitrogen and oxygen atoms in total. The van der Waals surface area contributed by atoms with Crippen LogP contribution in [0.1, 0.15) is 19.0 Å². The average Bonchev–Trinajstić information content (AvgIpc) is 3.39. The van der Waals surface area contributed by atoms with Gasteiger partial charge in [-0.2, -0.15) is 5.10 Å². The lowest BCUT2D eigenvalue weighted by atomic mass is 10.2. The molecule has 0 fully saturated rings. The second-order valence-corrected chi connectivity index (χ2v) is 8.83. The Balaban J connectivity index is 1.41. The van der Waals surface area contributed by atoms with Crippen molar-refractivity contribution in [3.63, 3.8) is 0 Å². The fourth-order valence-electron chi connectivity index (χ4n) is 4.08. The summed E-state index contributed by atoms with van der Waals surface area (Å²) in [6.45, 7) is 4.92. The predicted octanol–water partition coefficient (Wildman–Crippen LogP) is 3.65. The summed E-state index contributed by atoms with van der Waals surface area (Å²) in [5, 5.41) is 22.2. The van der Waals surface area contributed by atoms with Gasteiger partial charge >= 0.3 is 0 Å². The second-order valence-electron chi connectivity index (χ2n) is 8.83. The number of methoxy groups -OCH3 is 1. The van der Waals surface area contributed by atoms with Crippen molar-refractivity contribution in [2.24, 2.45) is 0 Å². The molecule has 1 amide bonds. The van der Waals surface area contributed by atoms with E-state index in [1.807, 2.05) is 6.92 Å². The third kappa shape index (κ3) is 7.18. The van der Waals surface area contributed by atoms with E-state index in [-0.39, 0.29) is 18.7 Å². The zero-order valence-corrected chi connectivity index (χ0v) is 22.2. The van der Waals surface area contributed by atoms with Gasteiger partial charge in [-0.3, -0.25) is 9.89 Å². The van der Waals surface area contributed by atoms with Crippen LogP contribution in [0.2, 0.25) is 0 Å². The van der Waals surface area contributed by atoms with Crippen LogP contribution in [0.5, 0.6) is 11.5 Å². The number of rotatable bonds is 14. The van der Waals surface area contributed by atoms with Crippen molar-refractivity contribution in [3.8, 4) is 11.5 Å². The highest BCUT2D eigenvalue weighted by Crippen LogP contribution is 2.34. The summed E-state index contributed by atoms with van der Waals surface area (Å²) in [4.78, 5) is 23.1. The molecule has 2 aromatic heterocycles. The number of aliphatic hydroxyl groups excluding tert-OH is 1. The molecular formula is C27H31F2N7O4. The van der Waals surface area contributed by atoms with Gasteiger partial charge in [-0.25, -0.2) is 18.7 Å². The smallest absolute Gasteiger partial charge is 0.230 e. The van der Waals surface area contributed by atoms with Gasteiger partial charge in [0.05, 0.1) is 37.9 Å². The van der Waals surface area contributed by atoms with Gasteiger partial charge in [0.1, 0.15) is 12.1 Å². The second kappa shape index (κ2) is 13.6. The highest BCUT2D eigenvalue weighted by atomic mass is 19.2. The van der Waals surface area contributed by atoms with E-state index in [1.54, 1.807) is 25.3 Å². The molecule has 0 saturated heterocycles. The molecule has 0 unspecified atom stereocenters. The number of aromatic nitrogens is 4. The lowest BCUT2D eigenvalue weighted by molar-refractivity contribution is -0.115. The number of fused-ring (bicyclic) bond motifs is 1. The molecule has 4 rings (SSSR count). The first-order valence-electron chi connectivity index (χ1n) is 12.8. The van der Waals surface area contributed by atoms with E-state index in [0.29, 0.717) is 52.9 Å². The lowest BCUT2D eigenvalue weighted by Crippen LogP contribution is -2.28. The summed E-state index contributed by atoms with van der Waals surface area (Å²) in [7, 11) is 1.55. The molecule has 0 atom stereocenters. The number of likely N-dealkylation sites (N-methyl/N-ethyl adjacent to an activating group) is 1. The number of benzene rings is 2. The maximum absolute atomic E-state index is 13.8. The highest BCUT2D eigenvalue weighted by Gasteiger charge is 2.15. The van der Waals surface area contributed by atoms with E-state index >= 15 is 0 Å². The highest BCUT2D eigenvalue weighted by molar-refractivity contribution is 5.93. The molecule has 4 aromatic rings. The van der Waals surface area contributed by atoms with Crippen LogP contribution in [0.15, 0.2) is 42.7 Å². The summed E-state index contributed by atoms with van der Waals surface area (Å²) in [6, 6.07) is 8.72. The van der Waals surface area contributed by atoms with Gasteiger partial charge in [0, 0.05) is 36.3 Å². The normalized spacial score (nSPS) is 11.2. The first kappa shape index (κ1) is 28.6. The number of hydrogen-bond donors (Lipinski definition) is 4. The number of H-pyrrole nitrogens is 1. The molecule has 40 heavy (non-hydrogen) atoms. The standard InChI is InChI=1S/C27H31F2N7O4/c1-3-36(9-10-37)8-5-11-40-23-15-21-18(14-22(23)39-2)27(31-16-30-21)33-24-12-17(34-35-24)13-25(38)32-20-7-4-6-19(28)26(20)29/h4,6-7,12,14-16,37H,3,5,8-11,13H2,1-2H3,(H,32,38)(H2,30,31,33,34,35). The van der Waals surface area contributed by atoms with E-state index in [4.69, 9.17) is 14.6 Å². The molecule has 0 spiro atoms. The minimum Gasteiger partial charge on any atom is -0.493 e. The molecule has 0 aliphatic rings. The lowest BCUT2D eigenvalue weighted by Gasteiger charge is -2.19. The largest absolute Gasteiger partial charge is 0.493 e. The van der Waals surface area contributed by atoms with Gasteiger partial charge in [0.2, 0.25) is 5.91 Å². The van der Waals surface area contributed by atoms with Crippen LogP contribution in [0.4, 0.5) is 26.1 Å². The van der Waals surface area contributed by atoms with Crippen molar-refractivity contribution in [2.75, 3.05) is 50.6 Å². The number of anilines is 3. The molecule has 0 saturated carbocycles. The SMILES string of the molecule is CCN(CCO)CCCOc1cc2ncnc(Nc3cc(CC(=O)Nc4cccc(F)c4F)[nH]n3)c2cc1OC. The van der Waals surface area contributed by atoms with Crippen molar-refractivity contribution in [1.82, 2.24) is 25.1 Å². The van der Waals surface area contributed by atoms with Gasteiger partial charge in [0.25, 0.3) is 0 Å². The maximum atomic E-state index is 13.8. The molecule has 0 bridgehead atoms. The van der Waals surface area contributed by atoms with E-state index in [9.17, 15) is 13.6 Å². The number of nitrogens with zero attached hydrogens (tertiary/aromatic N) is 4. The zero-order chi connectivity index (χ0) is 28.5. The van der Waals surface area contributed by atoms with Crippen LogP contribution in [0, 0.1) is 11.6 Å². The Hall–Kier alpha value is -4.36. The van der Waals surface area contributed by atoms with Crippen molar-refractivity contribution >= 4 is 34.1 Å². The fraction of sp³-hybridized carbons (Fsp3) is 0.333. The monoisotopic (exact) mass is 555 g/mol. The molecule has 0 radical (unpaired) electrons. The number of ether oxygens (including phenoxy) is 2. The topological polar surface area (TPSA) is 138 Å². The summed E-state index contributed by atoms with van der Waals surface area (Å²) < 4.78 is 38.7. The minimum absolute atomic E-state index is 0.121. The van der Waals surface area contributed by atoms with Gasteiger partial charge in [-0.15, -0.1) is 0 Å². The van der Waals surface area contributed by atoms with Crippen molar-refractivity contribution in [1.29, 1.82) is 0 Å². The van der Waals surface area contributed by atoms with E-state index < -0.39 is 17.5 Å². The molecule has 2 aromatic carbocycles. The summed E-state index contributed by atoms with van der Waals surface area (Å²) in [6.07, 6.45) is 2.05. The average molecular weight is 556 g/mol. The predicted molar refractivity (Wildman–Crippen MR) is 146 cm³/mol. The van der Waals surface area contributed by atoms with Crippen LogP contribution in [0.25, 0.3) is 10.9 Å². The van der Waals surface area contributed by atoms with Crippen LogP contribution in [-0.4, -0.2) is 76.0 Å².